The number of hydrogen-bond acceptors (Lipinski definition) is 7. The standard InChI is InChI=1S/C28H35ClN6O2/c1-27(2,3)37-26(36)34-23-19-8-18-9-20(23)12-28(10-18,11-19)16-33-24-21(13-30)15-32-25(35-24)31-14-17-4-6-22(29)7-5-17/h4-7,15,18-20,23H,8-12,14,16H2,1-3H3,(H,34,36)(H2,31,32,33,35)/t18?,19-,20+,23-,28-. The Morgan fingerprint density at radius 2 is 1.86 bits per heavy atom. The molecule has 37 heavy (non-hydrogen) atoms. The van der Waals surface area contributed by atoms with Gasteiger partial charge in [0.05, 0.1) is 6.20 Å². The molecule has 1 unspecified atom stereocenters. The number of nitrogens with zero attached hydrogens (tertiary/aromatic N) is 3. The monoisotopic (exact) mass is 522 g/mol. The van der Waals surface area contributed by atoms with Crippen molar-refractivity contribution in [1.82, 2.24) is 15.3 Å². The molecule has 1 aromatic heterocycles. The SMILES string of the molecule is CC(C)(C)OC(=O)N[C@@H]1[C@@H]2CC3C[C@H]1C[C@@](CNc1nc(NCc4ccc(Cl)cc4)ncc1C#N)(C3)C2. The van der Waals surface area contributed by atoms with Crippen LogP contribution in [0.25, 0.3) is 0 Å². The fourth-order valence-electron chi connectivity index (χ4n) is 6.83. The Morgan fingerprint density at radius 3 is 2.51 bits per heavy atom. The average Bonchev–Trinajstić information content (AvgIpc) is 2.83. The first-order valence-corrected chi connectivity index (χ1v) is 13.5. The highest BCUT2D eigenvalue weighted by atomic mass is 35.5. The van der Waals surface area contributed by atoms with Crippen LogP contribution in [0.2, 0.25) is 5.02 Å². The highest BCUT2D eigenvalue weighted by molar-refractivity contribution is 6.30. The Balaban J connectivity index is 1.23. The molecule has 4 bridgehead atoms. The number of nitrogens with one attached hydrogen (secondary N) is 3. The molecule has 8 nitrogen and oxygen atoms in total. The van der Waals surface area contributed by atoms with Crippen LogP contribution in [0, 0.1) is 34.5 Å². The van der Waals surface area contributed by atoms with E-state index in [9.17, 15) is 10.1 Å². The lowest BCUT2D eigenvalue weighted by Gasteiger charge is -2.60. The predicted molar refractivity (Wildman–Crippen MR) is 143 cm³/mol. The summed E-state index contributed by atoms with van der Waals surface area (Å²) in [6, 6.07) is 10.0. The lowest BCUT2D eigenvalue weighted by Crippen LogP contribution is -2.60. The topological polar surface area (TPSA) is 112 Å². The molecule has 0 saturated heterocycles. The molecule has 4 aliphatic carbocycles. The maximum atomic E-state index is 12.5. The molecule has 196 valence electrons. The summed E-state index contributed by atoms with van der Waals surface area (Å²) in [6.07, 6.45) is 6.88. The Kier molecular flexibility index (Phi) is 6.93. The van der Waals surface area contributed by atoms with E-state index < -0.39 is 5.60 Å². The van der Waals surface area contributed by atoms with Gasteiger partial charge in [0, 0.05) is 24.2 Å². The van der Waals surface area contributed by atoms with Crippen LogP contribution in [0.5, 0.6) is 0 Å². The average molecular weight is 523 g/mol. The smallest absolute Gasteiger partial charge is 0.407 e. The summed E-state index contributed by atoms with van der Waals surface area (Å²) in [5.41, 5.74) is 1.15. The number of ether oxygens (including phenoxy) is 1. The largest absolute Gasteiger partial charge is 0.444 e. The molecule has 1 aromatic carbocycles. The molecule has 2 aromatic rings. The van der Waals surface area contributed by atoms with Crippen molar-refractivity contribution in [3.8, 4) is 6.07 Å². The zero-order chi connectivity index (χ0) is 26.2. The number of aromatic nitrogens is 2. The lowest BCUT2D eigenvalue weighted by molar-refractivity contribution is -0.0703. The van der Waals surface area contributed by atoms with Crippen LogP contribution >= 0.6 is 11.6 Å². The second-order valence-electron chi connectivity index (χ2n) is 12.0. The molecular formula is C28H35ClN6O2. The quantitative estimate of drug-likeness (QED) is 0.424. The summed E-state index contributed by atoms with van der Waals surface area (Å²) in [6.45, 7) is 7.00. The normalized spacial score (nSPS) is 27.9. The number of anilines is 2. The third-order valence-corrected chi connectivity index (χ3v) is 8.24. The van der Waals surface area contributed by atoms with Crippen molar-refractivity contribution in [2.24, 2.45) is 23.2 Å². The van der Waals surface area contributed by atoms with Gasteiger partial charge >= 0.3 is 6.09 Å². The number of rotatable bonds is 7. The van der Waals surface area contributed by atoms with Crippen molar-refractivity contribution in [2.45, 2.75) is 71.1 Å². The van der Waals surface area contributed by atoms with Crippen LogP contribution in [-0.2, 0) is 11.3 Å². The number of hydrogen-bond donors (Lipinski definition) is 3. The van der Waals surface area contributed by atoms with Gasteiger partial charge in [0.2, 0.25) is 5.95 Å². The van der Waals surface area contributed by atoms with Crippen molar-refractivity contribution in [3.63, 3.8) is 0 Å². The number of amides is 1. The first-order chi connectivity index (χ1) is 17.6. The Bertz CT molecular complexity index is 1170. The molecule has 0 radical (unpaired) electrons. The Labute approximate surface area is 223 Å². The van der Waals surface area contributed by atoms with E-state index in [2.05, 4.69) is 32.0 Å². The molecule has 5 atom stereocenters. The van der Waals surface area contributed by atoms with E-state index in [-0.39, 0.29) is 17.6 Å². The van der Waals surface area contributed by atoms with Gasteiger partial charge in [0.25, 0.3) is 0 Å². The van der Waals surface area contributed by atoms with Gasteiger partial charge in [0.15, 0.2) is 0 Å². The van der Waals surface area contributed by atoms with Crippen molar-refractivity contribution < 1.29 is 9.53 Å². The lowest BCUT2D eigenvalue weighted by atomic mass is 9.48. The van der Waals surface area contributed by atoms with Crippen LogP contribution in [0.1, 0.15) is 64.0 Å². The molecule has 0 spiro atoms. The number of alkyl carbamates (subject to hydrolysis) is 1. The van der Waals surface area contributed by atoms with Crippen molar-refractivity contribution in [1.29, 1.82) is 5.26 Å². The van der Waals surface area contributed by atoms with E-state index in [4.69, 9.17) is 16.3 Å². The molecule has 3 N–H and O–H groups in total. The summed E-state index contributed by atoms with van der Waals surface area (Å²) in [7, 11) is 0. The molecular weight excluding hydrogens is 488 g/mol. The summed E-state index contributed by atoms with van der Waals surface area (Å²) < 4.78 is 5.55. The molecule has 4 aliphatic rings. The van der Waals surface area contributed by atoms with Gasteiger partial charge in [-0.05, 0) is 93.7 Å². The van der Waals surface area contributed by atoms with E-state index in [0.717, 1.165) is 37.8 Å². The minimum atomic E-state index is -0.500. The van der Waals surface area contributed by atoms with Crippen LogP contribution in [0.3, 0.4) is 0 Å². The summed E-state index contributed by atoms with van der Waals surface area (Å²) in [4.78, 5) is 21.4. The van der Waals surface area contributed by atoms with Gasteiger partial charge in [0.1, 0.15) is 23.1 Å². The zero-order valence-electron chi connectivity index (χ0n) is 21.7. The zero-order valence-corrected chi connectivity index (χ0v) is 22.4. The minimum absolute atomic E-state index is 0.150. The van der Waals surface area contributed by atoms with Gasteiger partial charge in [-0.15, -0.1) is 0 Å². The molecule has 6 rings (SSSR count). The number of benzene rings is 1. The van der Waals surface area contributed by atoms with Crippen LogP contribution in [-0.4, -0.2) is 34.2 Å². The van der Waals surface area contributed by atoms with E-state index in [1.54, 1.807) is 6.20 Å². The molecule has 4 saturated carbocycles. The van der Waals surface area contributed by atoms with E-state index in [1.807, 2.05) is 45.0 Å². The molecule has 9 heteroatoms. The summed E-state index contributed by atoms with van der Waals surface area (Å²) in [5, 5.41) is 20.3. The van der Waals surface area contributed by atoms with Gasteiger partial charge in [-0.3, -0.25) is 0 Å². The molecule has 1 amide bonds. The summed E-state index contributed by atoms with van der Waals surface area (Å²) in [5.74, 6) is 2.64. The van der Waals surface area contributed by atoms with Crippen LogP contribution in [0.15, 0.2) is 30.5 Å². The van der Waals surface area contributed by atoms with Gasteiger partial charge < -0.3 is 20.7 Å². The van der Waals surface area contributed by atoms with Gasteiger partial charge in [-0.25, -0.2) is 9.78 Å². The van der Waals surface area contributed by atoms with E-state index in [1.165, 1.54) is 6.42 Å². The van der Waals surface area contributed by atoms with E-state index >= 15 is 0 Å². The number of carbonyl (C=O) groups excluding carboxylic acids is 1. The second kappa shape index (κ2) is 10.0. The van der Waals surface area contributed by atoms with Crippen molar-refractivity contribution in [2.75, 3.05) is 17.2 Å². The maximum absolute atomic E-state index is 12.5. The van der Waals surface area contributed by atoms with Crippen LogP contribution in [0.4, 0.5) is 16.6 Å². The molecule has 1 heterocycles. The summed E-state index contributed by atoms with van der Waals surface area (Å²) >= 11 is 5.97. The number of halogens is 1. The fourth-order valence-corrected chi connectivity index (χ4v) is 6.95. The first-order valence-electron chi connectivity index (χ1n) is 13.1. The highest BCUT2D eigenvalue weighted by Crippen LogP contribution is 2.60. The van der Waals surface area contributed by atoms with Crippen molar-refractivity contribution >= 4 is 29.5 Å². The predicted octanol–water partition coefficient (Wildman–Crippen LogP) is 5.75. The Hall–Kier alpha value is -3.05. The minimum Gasteiger partial charge on any atom is -0.444 e. The third-order valence-electron chi connectivity index (χ3n) is 7.99. The number of nitriles is 1. The molecule has 4 fully saturated rings. The van der Waals surface area contributed by atoms with Crippen molar-refractivity contribution in [3.05, 3.63) is 46.6 Å². The number of carbonyl (C=O) groups is 1. The fraction of sp³-hybridized carbons (Fsp3) is 0.571. The highest BCUT2D eigenvalue weighted by Gasteiger charge is 2.55. The second-order valence-corrected chi connectivity index (χ2v) is 12.5. The first kappa shape index (κ1) is 25.6. The van der Waals surface area contributed by atoms with Crippen LogP contribution < -0.4 is 16.0 Å². The maximum Gasteiger partial charge on any atom is 0.407 e. The molecule has 0 aliphatic heterocycles. The third kappa shape index (κ3) is 5.93. The van der Waals surface area contributed by atoms with Gasteiger partial charge in [-0.1, -0.05) is 23.7 Å². The van der Waals surface area contributed by atoms with E-state index in [0.29, 0.717) is 46.7 Å². The Morgan fingerprint density at radius 1 is 1.16 bits per heavy atom. The van der Waals surface area contributed by atoms with Gasteiger partial charge in [-0.2, -0.15) is 10.2 Å².